The summed E-state index contributed by atoms with van der Waals surface area (Å²) in [7, 11) is 0. The van der Waals surface area contributed by atoms with E-state index in [1.807, 2.05) is 18.2 Å². The van der Waals surface area contributed by atoms with Crippen LogP contribution in [0.2, 0.25) is 0 Å². The molecule has 0 aliphatic carbocycles. The van der Waals surface area contributed by atoms with Crippen molar-refractivity contribution >= 4 is 48.9 Å². The zero-order valence-electron chi connectivity index (χ0n) is 9.71. The fourth-order valence-electron chi connectivity index (χ4n) is 1.55. The highest BCUT2D eigenvalue weighted by Crippen LogP contribution is 2.35. The molecule has 0 unspecified atom stereocenters. The smallest absolute Gasteiger partial charge is 0.264 e. The molecule has 1 amide bonds. The number of amides is 1. The number of thiophene rings is 1. The van der Waals surface area contributed by atoms with Crippen LogP contribution in [0.3, 0.4) is 0 Å². The summed E-state index contributed by atoms with van der Waals surface area (Å²) < 4.78 is 1.95. The summed E-state index contributed by atoms with van der Waals surface area (Å²) in [5, 5.41) is 3.63. The Hall–Kier alpha value is -1.51. The molecule has 0 saturated carbocycles. The minimum atomic E-state index is -0.174. The summed E-state index contributed by atoms with van der Waals surface area (Å²) >= 11 is 4.79. The predicted octanol–water partition coefficient (Wildman–Crippen LogP) is 3.00. The van der Waals surface area contributed by atoms with Crippen LogP contribution in [0.15, 0.2) is 22.7 Å². The minimum Gasteiger partial charge on any atom is -0.397 e. The van der Waals surface area contributed by atoms with Crippen molar-refractivity contribution in [3.8, 4) is 11.8 Å². The third-order valence-electron chi connectivity index (χ3n) is 2.41. The summed E-state index contributed by atoms with van der Waals surface area (Å²) in [5.41, 5.74) is 6.53. The molecule has 0 saturated heterocycles. The van der Waals surface area contributed by atoms with Crippen LogP contribution in [-0.4, -0.2) is 12.5 Å². The number of benzene rings is 1. The van der Waals surface area contributed by atoms with Crippen molar-refractivity contribution < 1.29 is 4.79 Å². The first-order valence-corrected chi connectivity index (χ1v) is 6.89. The van der Waals surface area contributed by atoms with Crippen molar-refractivity contribution in [1.82, 2.24) is 5.32 Å². The lowest BCUT2D eigenvalue weighted by molar-refractivity contribution is 0.0963. The van der Waals surface area contributed by atoms with E-state index >= 15 is 0 Å². The van der Waals surface area contributed by atoms with Crippen LogP contribution in [0, 0.1) is 11.8 Å². The van der Waals surface area contributed by atoms with E-state index in [1.165, 1.54) is 11.3 Å². The number of hydrogen-bond acceptors (Lipinski definition) is 3. The van der Waals surface area contributed by atoms with Gasteiger partial charge in [-0.25, -0.2) is 0 Å². The van der Waals surface area contributed by atoms with Crippen LogP contribution >= 0.6 is 27.3 Å². The van der Waals surface area contributed by atoms with Crippen molar-refractivity contribution in [2.24, 2.45) is 0 Å². The standard InChI is InChI=1S/C13H11BrN2OS/c1-2-3-6-16-13(17)12-11(15)9-7-8(14)4-5-10(9)18-12/h4-5,7H,6,15H2,1H3,(H,16,17). The minimum absolute atomic E-state index is 0.174. The second-order valence-corrected chi connectivity index (χ2v) is 5.56. The molecule has 0 radical (unpaired) electrons. The van der Waals surface area contributed by atoms with Gasteiger partial charge in [-0.2, -0.15) is 0 Å². The number of rotatable bonds is 2. The molecule has 0 aliphatic rings. The van der Waals surface area contributed by atoms with Crippen LogP contribution < -0.4 is 11.1 Å². The van der Waals surface area contributed by atoms with E-state index in [2.05, 4.69) is 33.1 Å². The van der Waals surface area contributed by atoms with Crippen LogP contribution in [0.1, 0.15) is 16.6 Å². The van der Waals surface area contributed by atoms with Crippen LogP contribution in [0.4, 0.5) is 5.69 Å². The van der Waals surface area contributed by atoms with E-state index in [4.69, 9.17) is 5.73 Å². The molecule has 3 nitrogen and oxygen atoms in total. The van der Waals surface area contributed by atoms with Crippen LogP contribution in [0.25, 0.3) is 10.1 Å². The molecule has 18 heavy (non-hydrogen) atoms. The Morgan fingerprint density at radius 3 is 3.06 bits per heavy atom. The average molecular weight is 323 g/mol. The predicted molar refractivity (Wildman–Crippen MR) is 79.7 cm³/mol. The Bertz CT molecular complexity index is 667. The molecule has 2 rings (SSSR count). The molecule has 0 spiro atoms. The summed E-state index contributed by atoms with van der Waals surface area (Å²) in [4.78, 5) is 12.5. The van der Waals surface area contributed by atoms with Gasteiger partial charge in [0.2, 0.25) is 0 Å². The van der Waals surface area contributed by atoms with Gasteiger partial charge in [-0.3, -0.25) is 4.79 Å². The lowest BCUT2D eigenvalue weighted by Crippen LogP contribution is -2.23. The van der Waals surface area contributed by atoms with Gasteiger partial charge in [0.15, 0.2) is 0 Å². The summed E-state index contributed by atoms with van der Waals surface area (Å²) in [6.07, 6.45) is 0. The first-order chi connectivity index (χ1) is 8.63. The molecule has 92 valence electrons. The number of hydrogen-bond donors (Lipinski definition) is 2. The Kier molecular flexibility index (Phi) is 3.90. The van der Waals surface area contributed by atoms with Crippen molar-refractivity contribution in [1.29, 1.82) is 0 Å². The molecular weight excluding hydrogens is 312 g/mol. The molecule has 3 N–H and O–H groups in total. The van der Waals surface area contributed by atoms with Crippen LogP contribution in [0.5, 0.6) is 0 Å². The quantitative estimate of drug-likeness (QED) is 0.835. The van der Waals surface area contributed by atoms with Gasteiger partial charge in [0.05, 0.1) is 12.2 Å². The fourth-order valence-corrected chi connectivity index (χ4v) is 2.93. The molecule has 0 atom stereocenters. The van der Waals surface area contributed by atoms with Crippen molar-refractivity contribution in [2.75, 3.05) is 12.3 Å². The maximum atomic E-state index is 11.9. The molecule has 1 heterocycles. The highest BCUT2D eigenvalue weighted by atomic mass is 79.9. The van der Waals surface area contributed by atoms with Gasteiger partial charge >= 0.3 is 0 Å². The van der Waals surface area contributed by atoms with Gasteiger partial charge in [0, 0.05) is 14.6 Å². The maximum absolute atomic E-state index is 11.9. The third kappa shape index (κ3) is 2.50. The first kappa shape index (κ1) is 12.9. The van der Waals surface area contributed by atoms with E-state index in [0.717, 1.165) is 14.6 Å². The van der Waals surface area contributed by atoms with Crippen LogP contribution in [-0.2, 0) is 0 Å². The number of carbonyl (C=O) groups excluding carboxylic acids is 1. The van der Waals surface area contributed by atoms with Gasteiger partial charge in [-0.05, 0) is 25.1 Å². The van der Waals surface area contributed by atoms with E-state index in [9.17, 15) is 4.79 Å². The lowest BCUT2D eigenvalue weighted by atomic mass is 10.2. The number of carbonyl (C=O) groups is 1. The summed E-state index contributed by atoms with van der Waals surface area (Å²) in [6, 6.07) is 5.80. The Balaban J connectivity index is 2.35. The van der Waals surface area contributed by atoms with Crippen molar-refractivity contribution in [2.45, 2.75) is 6.92 Å². The van der Waals surface area contributed by atoms with Crippen molar-refractivity contribution in [3.63, 3.8) is 0 Å². The summed E-state index contributed by atoms with van der Waals surface area (Å²) in [6.45, 7) is 2.07. The van der Waals surface area contributed by atoms with Gasteiger partial charge in [-0.1, -0.05) is 21.9 Å². The highest BCUT2D eigenvalue weighted by Gasteiger charge is 2.15. The Labute approximate surface area is 117 Å². The molecule has 0 fully saturated rings. The molecule has 5 heteroatoms. The Morgan fingerprint density at radius 2 is 2.33 bits per heavy atom. The lowest BCUT2D eigenvalue weighted by Gasteiger charge is -1.99. The van der Waals surface area contributed by atoms with E-state index < -0.39 is 0 Å². The van der Waals surface area contributed by atoms with E-state index in [-0.39, 0.29) is 5.91 Å². The molecule has 2 aromatic rings. The number of nitrogen functional groups attached to an aromatic ring is 1. The molecule has 0 bridgehead atoms. The number of halogens is 1. The highest BCUT2D eigenvalue weighted by molar-refractivity contribution is 9.10. The van der Waals surface area contributed by atoms with E-state index in [1.54, 1.807) is 6.92 Å². The number of anilines is 1. The maximum Gasteiger partial charge on any atom is 0.264 e. The normalized spacial score (nSPS) is 9.89. The van der Waals surface area contributed by atoms with Gasteiger partial charge in [0.1, 0.15) is 4.88 Å². The molecular formula is C13H11BrN2OS. The zero-order chi connectivity index (χ0) is 13.1. The second kappa shape index (κ2) is 5.42. The average Bonchev–Trinajstić information content (AvgIpc) is 2.67. The Morgan fingerprint density at radius 1 is 1.56 bits per heavy atom. The molecule has 1 aromatic carbocycles. The van der Waals surface area contributed by atoms with Gasteiger partial charge < -0.3 is 11.1 Å². The largest absolute Gasteiger partial charge is 0.397 e. The van der Waals surface area contributed by atoms with Gasteiger partial charge in [0.25, 0.3) is 5.91 Å². The second-order valence-electron chi connectivity index (χ2n) is 3.59. The number of nitrogens with two attached hydrogens (primary N) is 1. The van der Waals surface area contributed by atoms with Gasteiger partial charge in [-0.15, -0.1) is 17.3 Å². The number of fused-ring (bicyclic) bond motifs is 1. The fraction of sp³-hybridized carbons (Fsp3) is 0.154. The summed E-state index contributed by atoms with van der Waals surface area (Å²) in [5.74, 6) is 5.34. The van der Waals surface area contributed by atoms with Crippen molar-refractivity contribution in [3.05, 3.63) is 27.5 Å². The topological polar surface area (TPSA) is 55.1 Å². The molecule has 0 aliphatic heterocycles. The first-order valence-electron chi connectivity index (χ1n) is 5.29. The zero-order valence-corrected chi connectivity index (χ0v) is 12.1. The van der Waals surface area contributed by atoms with E-state index in [0.29, 0.717) is 17.1 Å². The molecule has 1 aromatic heterocycles. The SMILES string of the molecule is CC#CCNC(=O)c1sc2ccc(Br)cc2c1N. The monoisotopic (exact) mass is 322 g/mol. The third-order valence-corrected chi connectivity index (χ3v) is 4.09. The number of nitrogens with one attached hydrogen (secondary N) is 1.